The zero-order chi connectivity index (χ0) is 12.4. The summed E-state index contributed by atoms with van der Waals surface area (Å²) in [4.78, 5) is 0. The van der Waals surface area contributed by atoms with Crippen LogP contribution in [0.4, 0.5) is 0 Å². The van der Waals surface area contributed by atoms with Crippen LogP contribution in [-0.2, 0) is 0 Å². The van der Waals surface area contributed by atoms with Gasteiger partial charge in [-0.1, -0.05) is 11.6 Å². The van der Waals surface area contributed by atoms with Crippen molar-refractivity contribution >= 4 is 0 Å². The van der Waals surface area contributed by atoms with E-state index >= 15 is 0 Å². The molecule has 0 amide bonds. The number of benzene rings is 1. The van der Waals surface area contributed by atoms with Crippen molar-refractivity contribution in [3.63, 3.8) is 0 Å². The lowest BCUT2D eigenvalue weighted by Crippen LogP contribution is -2.26. The van der Waals surface area contributed by atoms with E-state index in [4.69, 9.17) is 4.74 Å². The summed E-state index contributed by atoms with van der Waals surface area (Å²) in [6.45, 7) is 3.72. The van der Waals surface area contributed by atoms with Crippen LogP contribution in [-0.4, -0.2) is 22.4 Å². The minimum absolute atomic E-state index is 0.129. The van der Waals surface area contributed by atoms with E-state index in [1.807, 2.05) is 25.1 Å². The molecule has 1 fully saturated rings. The van der Waals surface area contributed by atoms with Crippen LogP contribution in [0.25, 0.3) is 0 Å². The number of hydrogen-bond acceptors (Lipinski definition) is 3. The second-order valence-electron chi connectivity index (χ2n) is 4.87. The molecule has 0 aliphatic heterocycles. The Morgan fingerprint density at radius 1 is 1.35 bits per heavy atom. The Labute approximate surface area is 102 Å². The molecule has 1 aromatic carbocycles. The predicted octanol–water partition coefficient (Wildman–Crippen LogP) is 2.34. The first kappa shape index (κ1) is 12.4. The van der Waals surface area contributed by atoms with Crippen LogP contribution in [0.15, 0.2) is 18.2 Å². The first-order valence-corrected chi connectivity index (χ1v) is 6.21. The summed E-state index contributed by atoms with van der Waals surface area (Å²) in [6, 6.07) is 5.77. The summed E-state index contributed by atoms with van der Waals surface area (Å²) in [5.41, 5.74) is 1.89. The van der Waals surface area contributed by atoms with Gasteiger partial charge in [-0.15, -0.1) is 0 Å². The zero-order valence-corrected chi connectivity index (χ0v) is 10.4. The van der Waals surface area contributed by atoms with Crippen LogP contribution in [0, 0.1) is 6.92 Å². The molecule has 3 nitrogen and oxygen atoms in total. The molecular weight excluding hydrogens is 216 g/mol. The van der Waals surface area contributed by atoms with E-state index in [1.165, 1.54) is 0 Å². The van der Waals surface area contributed by atoms with Gasteiger partial charge in [0.15, 0.2) is 0 Å². The Morgan fingerprint density at radius 2 is 2.12 bits per heavy atom. The van der Waals surface area contributed by atoms with Crippen LogP contribution in [0.1, 0.15) is 43.4 Å². The first-order valence-electron chi connectivity index (χ1n) is 6.21. The van der Waals surface area contributed by atoms with Crippen molar-refractivity contribution in [1.29, 1.82) is 0 Å². The summed E-state index contributed by atoms with van der Waals surface area (Å²) in [5.74, 6) is 0.691. The Kier molecular flexibility index (Phi) is 3.69. The maximum Gasteiger partial charge on any atom is 0.125 e. The predicted molar refractivity (Wildman–Crippen MR) is 66.1 cm³/mol. The van der Waals surface area contributed by atoms with Gasteiger partial charge in [-0.05, 0) is 45.2 Å². The fraction of sp³-hybridized carbons (Fsp3) is 0.571. The highest BCUT2D eigenvalue weighted by atomic mass is 16.5. The Hall–Kier alpha value is -1.06. The zero-order valence-electron chi connectivity index (χ0n) is 10.4. The van der Waals surface area contributed by atoms with E-state index in [1.54, 1.807) is 6.92 Å². The average molecular weight is 236 g/mol. The molecule has 0 heterocycles. The van der Waals surface area contributed by atoms with Gasteiger partial charge in [0.2, 0.25) is 0 Å². The van der Waals surface area contributed by atoms with Gasteiger partial charge in [0, 0.05) is 5.56 Å². The van der Waals surface area contributed by atoms with Crippen molar-refractivity contribution in [2.24, 2.45) is 0 Å². The SMILES string of the molecule is Cc1ccc(OC2CCCC2O)c(C(C)O)c1. The van der Waals surface area contributed by atoms with Crippen molar-refractivity contribution < 1.29 is 14.9 Å². The lowest BCUT2D eigenvalue weighted by Gasteiger charge is -2.20. The lowest BCUT2D eigenvalue weighted by atomic mass is 10.1. The van der Waals surface area contributed by atoms with Gasteiger partial charge in [0.1, 0.15) is 11.9 Å². The summed E-state index contributed by atoms with van der Waals surface area (Å²) in [7, 11) is 0. The normalized spacial score (nSPS) is 25.9. The highest BCUT2D eigenvalue weighted by Crippen LogP contribution is 2.30. The molecule has 94 valence electrons. The van der Waals surface area contributed by atoms with Gasteiger partial charge in [-0.25, -0.2) is 0 Å². The quantitative estimate of drug-likeness (QED) is 0.847. The van der Waals surface area contributed by atoms with E-state index in [9.17, 15) is 10.2 Å². The van der Waals surface area contributed by atoms with E-state index in [0.29, 0.717) is 5.75 Å². The second kappa shape index (κ2) is 5.07. The van der Waals surface area contributed by atoms with Crippen molar-refractivity contribution in [3.05, 3.63) is 29.3 Å². The number of aliphatic hydroxyl groups excluding tert-OH is 2. The van der Waals surface area contributed by atoms with Gasteiger partial charge in [-0.2, -0.15) is 0 Å². The third-order valence-electron chi connectivity index (χ3n) is 3.31. The fourth-order valence-electron chi connectivity index (χ4n) is 2.31. The number of aryl methyl sites for hydroxylation is 1. The molecular formula is C14H20O3. The van der Waals surface area contributed by atoms with E-state index in [0.717, 1.165) is 30.4 Å². The molecule has 3 heteroatoms. The molecule has 2 rings (SSSR count). The topological polar surface area (TPSA) is 49.7 Å². The highest BCUT2D eigenvalue weighted by molar-refractivity contribution is 5.38. The van der Waals surface area contributed by atoms with Gasteiger partial charge in [0.05, 0.1) is 12.2 Å². The standard InChI is InChI=1S/C14H20O3/c1-9-6-7-13(11(8-9)10(2)15)17-14-5-3-4-12(14)16/h6-8,10,12,14-16H,3-5H2,1-2H3. The maximum atomic E-state index is 9.75. The van der Waals surface area contributed by atoms with Gasteiger partial charge >= 0.3 is 0 Å². The third kappa shape index (κ3) is 2.79. The monoisotopic (exact) mass is 236 g/mol. The lowest BCUT2D eigenvalue weighted by molar-refractivity contribution is 0.0577. The molecule has 0 bridgehead atoms. The van der Waals surface area contributed by atoms with Crippen LogP contribution in [0.3, 0.4) is 0 Å². The minimum atomic E-state index is -0.552. The van der Waals surface area contributed by atoms with Crippen LogP contribution in [0.2, 0.25) is 0 Å². The molecule has 1 aliphatic carbocycles. The Morgan fingerprint density at radius 3 is 2.71 bits per heavy atom. The van der Waals surface area contributed by atoms with Gasteiger partial charge in [-0.3, -0.25) is 0 Å². The number of ether oxygens (including phenoxy) is 1. The molecule has 17 heavy (non-hydrogen) atoms. The molecule has 0 aromatic heterocycles. The van der Waals surface area contributed by atoms with E-state index < -0.39 is 6.10 Å². The smallest absolute Gasteiger partial charge is 0.125 e. The summed E-state index contributed by atoms with van der Waals surface area (Å²) < 4.78 is 5.82. The summed E-state index contributed by atoms with van der Waals surface area (Å²) in [6.07, 6.45) is 1.63. The highest BCUT2D eigenvalue weighted by Gasteiger charge is 2.27. The Bertz CT molecular complexity index is 387. The van der Waals surface area contributed by atoms with Gasteiger partial charge < -0.3 is 14.9 Å². The minimum Gasteiger partial charge on any atom is -0.487 e. The maximum absolute atomic E-state index is 9.75. The molecule has 1 saturated carbocycles. The van der Waals surface area contributed by atoms with Crippen LogP contribution in [0.5, 0.6) is 5.75 Å². The van der Waals surface area contributed by atoms with Crippen molar-refractivity contribution in [3.8, 4) is 5.75 Å². The van der Waals surface area contributed by atoms with E-state index in [-0.39, 0.29) is 12.2 Å². The van der Waals surface area contributed by atoms with Gasteiger partial charge in [0.25, 0.3) is 0 Å². The second-order valence-corrected chi connectivity index (χ2v) is 4.87. The largest absolute Gasteiger partial charge is 0.487 e. The van der Waals surface area contributed by atoms with Crippen molar-refractivity contribution in [1.82, 2.24) is 0 Å². The van der Waals surface area contributed by atoms with Crippen molar-refractivity contribution in [2.45, 2.75) is 51.4 Å². The summed E-state index contributed by atoms with van der Waals surface area (Å²) >= 11 is 0. The van der Waals surface area contributed by atoms with E-state index in [2.05, 4.69) is 0 Å². The van der Waals surface area contributed by atoms with Crippen LogP contribution < -0.4 is 4.74 Å². The van der Waals surface area contributed by atoms with Crippen molar-refractivity contribution in [2.75, 3.05) is 0 Å². The van der Waals surface area contributed by atoms with Crippen LogP contribution >= 0.6 is 0 Å². The Balaban J connectivity index is 2.19. The molecule has 2 N–H and O–H groups in total. The summed E-state index contributed by atoms with van der Waals surface area (Å²) in [5, 5.41) is 19.5. The molecule has 0 saturated heterocycles. The first-order chi connectivity index (χ1) is 8.08. The molecule has 3 atom stereocenters. The molecule has 3 unspecified atom stereocenters. The molecule has 0 spiro atoms. The number of hydrogen-bond donors (Lipinski definition) is 2. The molecule has 1 aliphatic rings. The molecule has 0 radical (unpaired) electrons. The number of rotatable bonds is 3. The molecule has 1 aromatic rings. The average Bonchev–Trinajstić information content (AvgIpc) is 2.67. The third-order valence-corrected chi connectivity index (χ3v) is 3.31. The fourth-order valence-corrected chi connectivity index (χ4v) is 2.31. The number of aliphatic hydroxyl groups is 2.